The van der Waals surface area contributed by atoms with E-state index < -0.39 is 48.9 Å². The smallest absolute Gasteiger partial charge is 0.747 e. The first-order valence-corrected chi connectivity index (χ1v) is 15.4. The van der Waals surface area contributed by atoms with Crippen LogP contribution in [0.2, 0.25) is 10.0 Å². The van der Waals surface area contributed by atoms with Gasteiger partial charge >= 0.3 is 61.5 Å². The van der Waals surface area contributed by atoms with Gasteiger partial charge in [-0.1, -0.05) is 43.1 Å². The van der Waals surface area contributed by atoms with Crippen LogP contribution < -0.4 is 56.3 Å². The Balaban J connectivity index is 0.00000400. The number of hydrogen-bond acceptors (Lipinski definition) is 6. The van der Waals surface area contributed by atoms with Gasteiger partial charge in [-0.05, 0) is 56.2 Å². The monoisotopic (exact) mass is 625 g/mol. The fraction of sp³-hybridized carbons (Fsp3) is 0.400. The molecule has 2 aliphatic rings. The van der Waals surface area contributed by atoms with Crippen molar-refractivity contribution in [3.05, 3.63) is 69.7 Å². The minimum absolute atomic E-state index is 0. The maximum atomic E-state index is 11.9. The van der Waals surface area contributed by atoms with Crippen molar-refractivity contribution in [2.45, 2.75) is 51.0 Å². The van der Waals surface area contributed by atoms with E-state index in [0.717, 1.165) is 11.1 Å². The molecule has 0 aromatic heterocycles. The van der Waals surface area contributed by atoms with Crippen molar-refractivity contribution in [3.8, 4) is 0 Å². The summed E-state index contributed by atoms with van der Waals surface area (Å²) in [5.41, 5.74) is 2.35. The first kappa shape index (κ1) is 32.2. The quantitative estimate of drug-likeness (QED) is 0.283. The molecule has 2 aliphatic heterocycles. The molecule has 0 radical (unpaired) electrons. The average Bonchev–Trinajstić information content (AvgIpc) is 3.05. The molecule has 2 heterocycles. The van der Waals surface area contributed by atoms with Crippen LogP contribution in [0.5, 0.6) is 0 Å². The average molecular weight is 627 g/mol. The summed E-state index contributed by atoms with van der Waals surface area (Å²) in [7, 11) is -8.93. The second kappa shape index (κ2) is 11.2. The molecule has 2 aromatic carbocycles. The van der Waals surface area contributed by atoms with Gasteiger partial charge in [0.2, 0.25) is 5.69 Å². The summed E-state index contributed by atoms with van der Waals surface area (Å²) in [6.07, 6.45) is 3.98. The van der Waals surface area contributed by atoms with Crippen molar-refractivity contribution in [3.63, 3.8) is 0 Å². The van der Waals surface area contributed by atoms with Gasteiger partial charge < -0.3 is 9.45 Å². The van der Waals surface area contributed by atoms with E-state index in [4.69, 9.17) is 23.2 Å². The second-order valence-corrected chi connectivity index (χ2v) is 14.2. The van der Waals surface area contributed by atoms with Gasteiger partial charge in [-0.15, -0.1) is 0 Å². The minimum Gasteiger partial charge on any atom is -0.747 e. The van der Waals surface area contributed by atoms with Crippen LogP contribution in [0.3, 0.4) is 0 Å². The molecule has 0 bridgehead atoms. The Morgan fingerprint density at radius 1 is 1.03 bits per heavy atom. The van der Waals surface area contributed by atoms with Crippen molar-refractivity contribution >= 4 is 60.5 Å². The zero-order chi connectivity index (χ0) is 27.6. The predicted octanol–water partition coefficient (Wildman–Crippen LogP) is 1.83. The van der Waals surface area contributed by atoms with Gasteiger partial charge in [-0.2, -0.15) is 13.0 Å². The van der Waals surface area contributed by atoms with E-state index in [1.54, 1.807) is 47.4 Å². The Hall–Kier alpha value is -0.314. The van der Waals surface area contributed by atoms with E-state index in [2.05, 4.69) is 0 Å². The molecule has 1 atom stereocenters. The number of hydrogen-bond donors (Lipinski definition) is 1. The van der Waals surface area contributed by atoms with Crippen LogP contribution in [0.4, 0.5) is 11.4 Å². The van der Waals surface area contributed by atoms with Gasteiger partial charge in [0.25, 0.3) is 5.88 Å². The third kappa shape index (κ3) is 6.43. The molecular weight excluding hydrogens is 598 g/mol. The molecule has 0 saturated heterocycles. The Bertz CT molecular complexity index is 1550. The molecule has 200 valence electrons. The van der Waals surface area contributed by atoms with Crippen LogP contribution in [0, 0.1) is 0 Å². The van der Waals surface area contributed by atoms with E-state index in [-0.39, 0.29) is 51.4 Å². The summed E-state index contributed by atoms with van der Waals surface area (Å²) >= 11 is 12.4. The van der Waals surface area contributed by atoms with E-state index in [1.807, 2.05) is 33.8 Å². The second-order valence-electron chi connectivity index (χ2n) is 10.5. The third-order valence-electron chi connectivity index (χ3n) is 7.25. The molecule has 8 nitrogen and oxygen atoms in total. The van der Waals surface area contributed by atoms with Gasteiger partial charge in [0, 0.05) is 44.9 Å². The third-order valence-corrected chi connectivity index (χ3v) is 8.90. The normalized spacial score (nSPS) is 20.0. The molecule has 13 heteroatoms. The maximum Gasteiger partial charge on any atom is 1.00 e. The summed E-state index contributed by atoms with van der Waals surface area (Å²) in [4.78, 5) is 1.59. The Kier molecular flexibility index (Phi) is 9.46. The first-order chi connectivity index (χ1) is 16.9. The predicted molar refractivity (Wildman–Crippen MR) is 145 cm³/mol. The molecule has 0 saturated carbocycles. The summed E-state index contributed by atoms with van der Waals surface area (Å²) in [5.74, 6) is -1.32. The molecule has 1 unspecified atom stereocenters. The molecule has 0 fully saturated rings. The number of anilines is 1. The van der Waals surface area contributed by atoms with Crippen LogP contribution in [0.15, 0.2) is 48.6 Å². The standard InChI is InChI=1S/C25H28Cl2N2O6S2.K/c1-24(2)18-12-16(26)8-10-20(18)28(14-36(30,31)32)22(24)6-5-7-23-25(3,4)19-13-17(27)9-11-21(19)29(23)15-37(33,34)35;/h5-6,8-13,23H,7,14-15H2,1-4H3,(H-,30,31,32,33,34,35);/q;+1/b6-5+;. The van der Waals surface area contributed by atoms with Gasteiger partial charge in [-0.3, -0.25) is 4.55 Å². The number of allylic oxidation sites excluding steroid dienone is 1. The molecule has 1 N–H and O–H groups in total. The van der Waals surface area contributed by atoms with Gasteiger partial charge in [0.1, 0.15) is 16.0 Å². The number of halogens is 2. The SMILES string of the molecule is CC1(C)C(/C=C/CC2N(CS(=O)(=O)[O-])c3ccc(Cl)cc3C2(C)C)=[N+](CS(=O)(=O)O)c2ccc(Cl)cc21.[K+]. The van der Waals surface area contributed by atoms with E-state index in [9.17, 15) is 25.9 Å². The Labute approximate surface area is 276 Å². The van der Waals surface area contributed by atoms with Gasteiger partial charge in [-0.25, -0.2) is 8.42 Å². The van der Waals surface area contributed by atoms with E-state index in [0.29, 0.717) is 33.6 Å². The molecule has 2 aromatic rings. The largest absolute Gasteiger partial charge is 1.00 e. The summed E-state index contributed by atoms with van der Waals surface area (Å²) in [5, 5.41) is 1.01. The van der Waals surface area contributed by atoms with Crippen molar-refractivity contribution in [1.29, 1.82) is 0 Å². The molecule has 0 aliphatic carbocycles. The van der Waals surface area contributed by atoms with Crippen LogP contribution in [-0.4, -0.2) is 54.0 Å². The van der Waals surface area contributed by atoms with Crippen LogP contribution in [-0.2, 0) is 31.1 Å². The first-order valence-electron chi connectivity index (χ1n) is 11.5. The molecular formula is C25H28Cl2KN2O6S2+. The van der Waals surface area contributed by atoms with E-state index >= 15 is 0 Å². The van der Waals surface area contributed by atoms with Crippen LogP contribution in [0.25, 0.3) is 0 Å². The number of nitrogens with zero attached hydrogens (tertiary/aromatic N) is 2. The maximum absolute atomic E-state index is 11.9. The fourth-order valence-electron chi connectivity index (χ4n) is 5.52. The minimum atomic E-state index is -4.57. The number of fused-ring (bicyclic) bond motifs is 2. The van der Waals surface area contributed by atoms with Gasteiger partial charge in [0.15, 0.2) is 5.71 Å². The molecule has 0 spiro atoms. The van der Waals surface area contributed by atoms with Crippen LogP contribution >= 0.6 is 23.2 Å². The van der Waals surface area contributed by atoms with Crippen molar-refractivity contribution < 1.29 is 81.9 Å². The van der Waals surface area contributed by atoms with Crippen molar-refractivity contribution in [2.24, 2.45) is 0 Å². The van der Waals surface area contributed by atoms with Crippen LogP contribution in [0.1, 0.15) is 45.2 Å². The molecule has 0 amide bonds. The van der Waals surface area contributed by atoms with Crippen molar-refractivity contribution in [1.82, 2.24) is 0 Å². The fourth-order valence-corrected chi connectivity index (χ4v) is 7.13. The van der Waals surface area contributed by atoms with Gasteiger partial charge in [0.05, 0.1) is 5.41 Å². The Morgan fingerprint density at radius 2 is 1.61 bits per heavy atom. The molecule has 4 rings (SSSR count). The number of benzene rings is 2. The zero-order valence-electron chi connectivity index (χ0n) is 21.8. The summed E-state index contributed by atoms with van der Waals surface area (Å²) in [6, 6.07) is 9.92. The molecule has 38 heavy (non-hydrogen) atoms. The topological polar surface area (TPSA) is 118 Å². The number of rotatable bonds is 7. The Morgan fingerprint density at radius 3 is 2.18 bits per heavy atom. The zero-order valence-corrected chi connectivity index (χ0v) is 28.0. The summed E-state index contributed by atoms with van der Waals surface area (Å²) < 4.78 is 70.2. The summed E-state index contributed by atoms with van der Waals surface area (Å²) in [6.45, 7) is 7.79. The van der Waals surface area contributed by atoms with Crippen molar-refractivity contribution in [2.75, 3.05) is 16.7 Å². The van der Waals surface area contributed by atoms with E-state index in [1.165, 1.54) is 4.58 Å².